The van der Waals surface area contributed by atoms with Crippen LogP contribution in [0.5, 0.6) is 0 Å². The Morgan fingerprint density at radius 3 is 2.44 bits per heavy atom. The number of pyridine rings is 1. The second-order valence-corrected chi connectivity index (χ2v) is 9.87. The number of benzene rings is 2. The predicted octanol–water partition coefficient (Wildman–Crippen LogP) is 6.60. The number of alkyl halides is 3. The number of carbonyl (C=O) groups is 2. The number of hydrogen-bond donors (Lipinski definition) is 3. The number of hydrogen-bond acceptors (Lipinski definition) is 6. The Morgan fingerprint density at radius 1 is 1.00 bits per heavy atom. The first-order valence-electron chi connectivity index (χ1n) is 12.9. The quantitative estimate of drug-likeness (QED) is 0.167. The molecule has 0 saturated carbocycles. The Kier molecular flexibility index (Phi) is 8.43. The van der Waals surface area contributed by atoms with Gasteiger partial charge in [-0.1, -0.05) is 23.7 Å². The van der Waals surface area contributed by atoms with Gasteiger partial charge >= 0.3 is 18.3 Å². The summed E-state index contributed by atoms with van der Waals surface area (Å²) in [5, 5.41) is 5.22. The lowest BCUT2D eigenvalue weighted by Crippen LogP contribution is -2.32. The second kappa shape index (κ2) is 12.2. The predicted molar refractivity (Wildman–Crippen MR) is 150 cm³/mol. The van der Waals surface area contributed by atoms with Crippen molar-refractivity contribution in [2.75, 3.05) is 36.8 Å². The number of halogens is 4. The topological polar surface area (TPSA) is 101 Å². The molecule has 1 fully saturated rings. The minimum absolute atomic E-state index is 0.0615. The molecule has 41 heavy (non-hydrogen) atoms. The molecule has 214 valence electrons. The number of amides is 2. The summed E-state index contributed by atoms with van der Waals surface area (Å²) in [7, 11) is 0. The van der Waals surface area contributed by atoms with E-state index in [0.717, 1.165) is 48.3 Å². The molecule has 1 aliphatic heterocycles. The van der Waals surface area contributed by atoms with Gasteiger partial charge in [-0.25, -0.2) is 9.59 Å². The van der Waals surface area contributed by atoms with E-state index in [1.165, 1.54) is 23.5 Å². The Morgan fingerprint density at radius 2 is 1.71 bits per heavy atom. The van der Waals surface area contributed by atoms with Crippen LogP contribution in [0.4, 0.5) is 34.1 Å². The second-order valence-electron chi connectivity index (χ2n) is 9.47. The van der Waals surface area contributed by atoms with Crippen LogP contribution >= 0.6 is 11.6 Å². The fraction of sp³-hybridized carbons (Fsp3) is 0.250. The summed E-state index contributed by atoms with van der Waals surface area (Å²) in [5.74, 6) is 0. The zero-order valence-electron chi connectivity index (χ0n) is 21.7. The molecule has 0 radical (unpaired) electrons. The number of nitrogens with one attached hydrogen (secondary N) is 3. The van der Waals surface area contributed by atoms with Crippen molar-refractivity contribution in [3.8, 4) is 11.1 Å². The van der Waals surface area contributed by atoms with Gasteiger partial charge in [-0.2, -0.15) is 18.7 Å². The number of fused-ring (bicyclic) bond motifs is 1. The van der Waals surface area contributed by atoms with Gasteiger partial charge in [0.2, 0.25) is 0 Å². The van der Waals surface area contributed by atoms with E-state index in [0.29, 0.717) is 17.7 Å². The number of carbonyl (C=O) groups excluding carboxylic acids is 2. The summed E-state index contributed by atoms with van der Waals surface area (Å²) in [4.78, 5) is 37.0. The standard InChI is InChI=1S/C28H26ClF3N6O3/c29-24-8-7-20(15-23(24)28(30,31)32)36-26(39)35-19-5-3-18(4-6-19)22-17-38(25-9-10-33-16-21(22)25)27(40)41-34-11-14-37-12-1-2-13-37/h3-10,15-17,34H,1-2,11-14H2,(H2,35,36,39). The highest BCUT2D eigenvalue weighted by Crippen LogP contribution is 2.36. The zero-order chi connectivity index (χ0) is 29.0. The number of nitrogens with zero attached hydrogens (tertiary/aromatic N) is 3. The minimum atomic E-state index is -4.65. The molecule has 5 rings (SSSR count). The van der Waals surface area contributed by atoms with Gasteiger partial charge in [0.05, 0.1) is 16.1 Å². The number of likely N-dealkylation sites (tertiary alicyclic amines) is 1. The molecule has 0 atom stereocenters. The lowest BCUT2D eigenvalue weighted by atomic mass is 10.1. The highest BCUT2D eigenvalue weighted by atomic mass is 35.5. The Balaban J connectivity index is 1.25. The maximum atomic E-state index is 13.1. The highest BCUT2D eigenvalue weighted by molar-refractivity contribution is 6.31. The van der Waals surface area contributed by atoms with Gasteiger partial charge in [-0.3, -0.25) is 9.55 Å². The van der Waals surface area contributed by atoms with Crippen molar-refractivity contribution in [3.05, 3.63) is 77.7 Å². The van der Waals surface area contributed by atoms with Crippen molar-refractivity contribution in [1.29, 1.82) is 0 Å². The number of anilines is 2. The van der Waals surface area contributed by atoms with Gasteiger partial charge in [0, 0.05) is 54.0 Å². The molecule has 3 heterocycles. The third-order valence-electron chi connectivity index (χ3n) is 6.67. The lowest BCUT2D eigenvalue weighted by molar-refractivity contribution is -0.137. The minimum Gasteiger partial charge on any atom is -0.353 e. The molecule has 2 amide bonds. The van der Waals surface area contributed by atoms with Crippen LogP contribution in [0.3, 0.4) is 0 Å². The molecule has 2 aromatic carbocycles. The smallest absolute Gasteiger partial charge is 0.353 e. The van der Waals surface area contributed by atoms with E-state index >= 15 is 0 Å². The highest BCUT2D eigenvalue weighted by Gasteiger charge is 2.33. The van der Waals surface area contributed by atoms with Crippen LogP contribution in [0.1, 0.15) is 18.4 Å². The van der Waals surface area contributed by atoms with E-state index in [2.05, 4.69) is 26.0 Å². The summed E-state index contributed by atoms with van der Waals surface area (Å²) < 4.78 is 40.7. The maximum Gasteiger partial charge on any atom is 0.437 e. The third kappa shape index (κ3) is 6.79. The number of urea groups is 1. The lowest BCUT2D eigenvalue weighted by Gasteiger charge is -2.14. The molecule has 3 N–H and O–H groups in total. The fourth-order valence-electron chi connectivity index (χ4n) is 4.67. The van der Waals surface area contributed by atoms with Crippen molar-refractivity contribution in [3.63, 3.8) is 0 Å². The van der Waals surface area contributed by atoms with Gasteiger partial charge in [0.1, 0.15) is 0 Å². The fourth-order valence-corrected chi connectivity index (χ4v) is 4.90. The molecule has 1 saturated heterocycles. The van der Waals surface area contributed by atoms with Gasteiger partial charge in [-0.15, -0.1) is 0 Å². The van der Waals surface area contributed by atoms with E-state index in [1.807, 2.05) is 0 Å². The van der Waals surface area contributed by atoms with Crippen molar-refractivity contribution >= 4 is 46.0 Å². The first-order chi connectivity index (χ1) is 19.7. The number of hydroxylamine groups is 1. The molecule has 1 aliphatic rings. The van der Waals surface area contributed by atoms with E-state index < -0.39 is 28.9 Å². The van der Waals surface area contributed by atoms with Crippen molar-refractivity contribution in [1.82, 2.24) is 19.9 Å². The first kappa shape index (κ1) is 28.4. The molecule has 0 bridgehead atoms. The van der Waals surface area contributed by atoms with Crippen LogP contribution < -0.4 is 16.1 Å². The van der Waals surface area contributed by atoms with E-state index in [4.69, 9.17) is 16.4 Å². The Hall–Kier alpha value is -4.13. The van der Waals surface area contributed by atoms with E-state index in [9.17, 15) is 22.8 Å². The molecule has 0 unspecified atom stereocenters. The maximum absolute atomic E-state index is 13.1. The van der Waals surface area contributed by atoms with Gasteiger partial charge < -0.3 is 20.4 Å². The van der Waals surface area contributed by atoms with Gasteiger partial charge in [0.25, 0.3) is 0 Å². The van der Waals surface area contributed by atoms with Crippen molar-refractivity contribution < 1.29 is 27.6 Å². The SMILES string of the molecule is O=C(Nc1ccc(-c2cn(C(=O)ONCCN3CCCC3)c3ccncc23)cc1)Nc1ccc(Cl)c(C(F)(F)F)c1. The summed E-state index contributed by atoms with van der Waals surface area (Å²) in [6, 6.07) is 10.9. The molecule has 0 aliphatic carbocycles. The van der Waals surface area contributed by atoms with Crippen molar-refractivity contribution in [2.24, 2.45) is 0 Å². The van der Waals surface area contributed by atoms with Crippen LogP contribution in [0, 0.1) is 0 Å². The van der Waals surface area contributed by atoms with Gasteiger partial charge in [0.15, 0.2) is 0 Å². The Bertz CT molecular complexity index is 1550. The van der Waals surface area contributed by atoms with E-state index in [1.54, 1.807) is 48.9 Å². The van der Waals surface area contributed by atoms with Crippen molar-refractivity contribution in [2.45, 2.75) is 19.0 Å². The molecule has 9 nitrogen and oxygen atoms in total. The van der Waals surface area contributed by atoms with Crippen LogP contribution in [0.2, 0.25) is 5.02 Å². The van der Waals surface area contributed by atoms with Gasteiger partial charge in [-0.05, 0) is 67.9 Å². The average molecular weight is 587 g/mol. The molecule has 4 aromatic rings. The normalized spacial score (nSPS) is 13.9. The molecule has 0 spiro atoms. The number of rotatable bonds is 7. The third-order valence-corrected chi connectivity index (χ3v) is 7.00. The number of aromatic nitrogens is 2. The largest absolute Gasteiger partial charge is 0.437 e. The monoisotopic (exact) mass is 586 g/mol. The van der Waals surface area contributed by atoms with Crippen LogP contribution in [0.15, 0.2) is 67.1 Å². The molecule has 13 heteroatoms. The first-order valence-corrected chi connectivity index (χ1v) is 13.2. The molecular weight excluding hydrogens is 561 g/mol. The van der Waals surface area contributed by atoms with E-state index in [-0.39, 0.29) is 5.69 Å². The zero-order valence-corrected chi connectivity index (χ0v) is 22.4. The summed E-state index contributed by atoms with van der Waals surface area (Å²) in [5.41, 5.74) is 4.12. The average Bonchev–Trinajstić information content (AvgIpc) is 3.60. The van der Waals surface area contributed by atoms with Crippen LogP contribution in [0.25, 0.3) is 22.0 Å². The molecule has 2 aromatic heterocycles. The molecular formula is C28H26ClF3N6O3. The summed E-state index contributed by atoms with van der Waals surface area (Å²) in [6.07, 6.45) is 2.03. The van der Waals surface area contributed by atoms with Crippen LogP contribution in [-0.4, -0.2) is 52.8 Å². The van der Waals surface area contributed by atoms with Crippen LogP contribution in [-0.2, 0) is 11.0 Å². The summed E-state index contributed by atoms with van der Waals surface area (Å²) >= 11 is 5.63. The Labute approximate surface area is 238 Å². The summed E-state index contributed by atoms with van der Waals surface area (Å²) in [6.45, 7) is 3.42.